The molecule has 1 rings (SSSR count). The second-order valence-electron chi connectivity index (χ2n) is 8.18. The molecule has 0 aromatic carbocycles. The van der Waals surface area contributed by atoms with Crippen molar-refractivity contribution in [3.8, 4) is 0 Å². The maximum atomic E-state index is 12.1. The predicted molar refractivity (Wildman–Crippen MR) is 78.8 cm³/mol. The molecule has 6 nitrogen and oxygen atoms in total. The average Bonchev–Trinajstić information content (AvgIpc) is 2.48. The molecule has 126 valence electrons. The second-order valence-corrected chi connectivity index (χ2v) is 8.18. The van der Waals surface area contributed by atoms with Crippen molar-refractivity contribution in [3.63, 3.8) is 0 Å². The minimum absolute atomic E-state index is 0.485. The predicted octanol–water partition coefficient (Wildman–Crippen LogP) is 2.24. The second kappa shape index (κ2) is 5.56. The molecule has 0 N–H and O–H groups in total. The summed E-state index contributed by atoms with van der Waals surface area (Å²) in [6.45, 7) is 13.4. The van der Waals surface area contributed by atoms with E-state index in [9.17, 15) is 14.4 Å². The fourth-order valence-electron chi connectivity index (χ4n) is 1.76. The van der Waals surface area contributed by atoms with Gasteiger partial charge in [-0.3, -0.25) is 9.59 Å². The van der Waals surface area contributed by atoms with E-state index in [1.54, 1.807) is 55.4 Å². The number of rotatable bonds is 2. The molecule has 0 aliphatic carbocycles. The Hall–Kier alpha value is -1.59. The van der Waals surface area contributed by atoms with E-state index in [1.165, 1.54) is 0 Å². The summed E-state index contributed by atoms with van der Waals surface area (Å²) in [7, 11) is 0. The molecular formula is C16H26O6. The van der Waals surface area contributed by atoms with Crippen LogP contribution in [0, 0.1) is 10.8 Å². The van der Waals surface area contributed by atoms with Gasteiger partial charge in [-0.05, 0) is 55.4 Å². The van der Waals surface area contributed by atoms with Gasteiger partial charge in [-0.2, -0.15) is 0 Å². The van der Waals surface area contributed by atoms with Gasteiger partial charge in [-0.15, -0.1) is 0 Å². The fourth-order valence-corrected chi connectivity index (χ4v) is 1.76. The van der Waals surface area contributed by atoms with Crippen LogP contribution in [0.2, 0.25) is 0 Å². The number of ether oxygens (including phenoxy) is 3. The van der Waals surface area contributed by atoms with E-state index in [4.69, 9.17) is 14.2 Å². The van der Waals surface area contributed by atoms with Gasteiger partial charge in [-0.25, -0.2) is 4.79 Å². The van der Waals surface area contributed by atoms with Crippen LogP contribution >= 0.6 is 0 Å². The van der Waals surface area contributed by atoms with E-state index in [1.807, 2.05) is 0 Å². The molecule has 0 aromatic rings. The standard InChI is InChI=1S/C16H26O6/c1-14(2,3)12(18)20-9-10(16(7,8)22-11(9)17)21-13(19)15(4,5)6/h9-10H,1-8H3/t9-,10-/m1/s1. The quantitative estimate of drug-likeness (QED) is 0.574. The van der Waals surface area contributed by atoms with Gasteiger partial charge in [0.2, 0.25) is 6.10 Å². The van der Waals surface area contributed by atoms with E-state index in [0.29, 0.717) is 0 Å². The number of hydrogen-bond donors (Lipinski definition) is 0. The highest BCUT2D eigenvalue weighted by molar-refractivity contribution is 5.85. The lowest BCUT2D eigenvalue weighted by molar-refractivity contribution is -0.179. The van der Waals surface area contributed by atoms with Crippen molar-refractivity contribution in [1.29, 1.82) is 0 Å². The molecular weight excluding hydrogens is 288 g/mol. The first-order valence-electron chi connectivity index (χ1n) is 7.31. The minimum atomic E-state index is -1.24. The highest BCUT2D eigenvalue weighted by Crippen LogP contribution is 2.34. The van der Waals surface area contributed by atoms with Crippen LogP contribution in [-0.2, 0) is 28.6 Å². The molecule has 1 heterocycles. The van der Waals surface area contributed by atoms with Crippen LogP contribution < -0.4 is 0 Å². The van der Waals surface area contributed by atoms with Crippen LogP contribution in [0.1, 0.15) is 55.4 Å². The van der Waals surface area contributed by atoms with E-state index in [2.05, 4.69) is 0 Å². The third-order valence-electron chi connectivity index (χ3n) is 3.25. The number of carbonyl (C=O) groups excluding carboxylic acids is 3. The Balaban J connectivity index is 3.00. The van der Waals surface area contributed by atoms with Gasteiger partial charge in [0.05, 0.1) is 10.8 Å². The summed E-state index contributed by atoms with van der Waals surface area (Å²) in [4.78, 5) is 36.2. The van der Waals surface area contributed by atoms with Crippen molar-refractivity contribution in [3.05, 3.63) is 0 Å². The Labute approximate surface area is 131 Å². The summed E-state index contributed by atoms with van der Waals surface area (Å²) in [5.74, 6) is -1.74. The molecule has 1 fully saturated rings. The maximum Gasteiger partial charge on any atom is 0.352 e. The first-order chi connectivity index (χ1) is 9.66. The lowest BCUT2D eigenvalue weighted by Crippen LogP contribution is -2.46. The van der Waals surface area contributed by atoms with Gasteiger partial charge in [-0.1, -0.05) is 0 Å². The Kier molecular flexibility index (Phi) is 4.66. The Morgan fingerprint density at radius 3 is 1.77 bits per heavy atom. The molecule has 0 saturated carbocycles. The third-order valence-corrected chi connectivity index (χ3v) is 3.25. The lowest BCUT2D eigenvalue weighted by Gasteiger charge is -2.29. The summed E-state index contributed by atoms with van der Waals surface area (Å²) in [5, 5.41) is 0. The van der Waals surface area contributed by atoms with Crippen LogP contribution in [0.5, 0.6) is 0 Å². The summed E-state index contributed by atoms with van der Waals surface area (Å²) < 4.78 is 15.9. The van der Waals surface area contributed by atoms with Gasteiger partial charge < -0.3 is 14.2 Å². The number of esters is 3. The van der Waals surface area contributed by atoms with Crippen LogP contribution in [0.3, 0.4) is 0 Å². The molecule has 1 aliphatic heterocycles. The zero-order valence-electron chi connectivity index (χ0n) is 14.6. The zero-order chi connectivity index (χ0) is 17.5. The smallest absolute Gasteiger partial charge is 0.352 e. The first-order valence-corrected chi connectivity index (χ1v) is 7.31. The third kappa shape index (κ3) is 3.99. The van der Waals surface area contributed by atoms with Gasteiger partial charge >= 0.3 is 17.9 Å². The van der Waals surface area contributed by atoms with Crippen molar-refractivity contribution < 1.29 is 28.6 Å². The maximum absolute atomic E-state index is 12.1. The molecule has 1 saturated heterocycles. The first kappa shape index (κ1) is 18.5. The molecule has 1 aliphatic rings. The van der Waals surface area contributed by atoms with Crippen molar-refractivity contribution >= 4 is 17.9 Å². The molecule has 0 amide bonds. The highest BCUT2D eigenvalue weighted by Gasteiger charge is 2.56. The van der Waals surface area contributed by atoms with Gasteiger partial charge in [0.1, 0.15) is 5.60 Å². The molecule has 0 unspecified atom stereocenters. The van der Waals surface area contributed by atoms with Crippen molar-refractivity contribution in [1.82, 2.24) is 0 Å². The van der Waals surface area contributed by atoms with Crippen molar-refractivity contribution in [2.24, 2.45) is 10.8 Å². The summed E-state index contributed by atoms with van der Waals surface area (Å²) >= 11 is 0. The van der Waals surface area contributed by atoms with Crippen molar-refractivity contribution in [2.45, 2.75) is 73.2 Å². The van der Waals surface area contributed by atoms with Crippen LogP contribution in [0.15, 0.2) is 0 Å². The van der Waals surface area contributed by atoms with Crippen LogP contribution in [-0.4, -0.2) is 35.7 Å². The van der Waals surface area contributed by atoms with Crippen molar-refractivity contribution in [2.75, 3.05) is 0 Å². The van der Waals surface area contributed by atoms with E-state index in [-0.39, 0.29) is 0 Å². The molecule has 0 bridgehead atoms. The van der Waals surface area contributed by atoms with Gasteiger partial charge in [0.25, 0.3) is 0 Å². The number of hydrogen-bond acceptors (Lipinski definition) is 6. The molecule has 22 heavy (non-hydrogen) atoms. The zero-order valence-corrected chi connectivity index (χ0v) is 14.6. The normalized spacial score (nSPS) is 24.6. The largest absolute Gasteiger partial charge is 0.453 e. The summed E-state index contributed by atoms with van der Waals surface area (Å²) in [6, 6.07) is 0. The van der Waals surface area contributed by atoms with E-state index < -0.39 is 46.5 Å². The monoisotopic (exact) mass is 314 g/mol. The topological polar surface area (TPSA) is 78.9 Å². The minimum Gasteiger partial charge on any atom is -0.453 e. The molecule has 0 aromatic heterocycles. The fraction of sp³-hybridized carbons (Fsp3) is 0.812. The Morgan fingerprint density at radius 1 is 0.955 bits per heavy atom. The molecule has 0 spiro atoms. The van der Waals surface area contributed by atoms with Gasteiger partial charge in [0.15, 0.2) is 6.10 Å². The molecule has 2 atom stereocenters. The molecule has 0 radical (unpaired) electrons. The number of cyclic esters (lactones) is 1. The molecule has 6 heteroatoms. The number of carbonyl (C=O) groups is 3. The van der Waals surface area contributed by atoms with Gasteiger partial charge in [0, 0.05) is 0 Å². The highest BCUT2D eigenvalue weighted by atomic mass is 16.7. The van der Waals surface area contributed by atoms with Crippen LogP contribution in [0.25, 0.3) is 0 Å². The average molecular weight is 314 g/mol. The van der Waals surface area contributed by atoms with E-state index in [0.717, 1.165) is 0 Å². The van der Waals surface area contributed by atoms with E-state index >= 15 is 0 Å². The lowest BCUT2D eigenvalue weighted by atomic mass is 9.95. The Morgan fingerprint density at radius 2 is 1.36 bits per heavy atom. The SMILES string of the molecule is CC(C)(C)C(=O)O[C@@H]1[C@@H](OC(=O)C(C)(C)C)C(=O)OC1(C)C. The summed E-state index contributed by atoms with van der Waals surface area (Å²) in [6.07, 6.45) is -2.22. The summed E-state index contributed by atoms with van der Waals surface area (Å²) in [5.41, 5.74) is -2.56. The Bertz CT molecular complexity index is 478. The van der Waals surface area contributed by atoms with Crippen LogP contribution in [0.4, 0.5) is 0 Å².